The number of aromatic nitrogens is 1. The molecule has 0 atom stereocenters. The Labute approximate surface area is 378 Å². The second kappa shape index (κ2) is 12.8. The van der Waals surface area contributed by atoms with Crippen LogP contribution in [0.1, 0.15) is 77.6 Å². The Bertz CT molecular complexity index is 3830. The quantitative estimate of drug-likeness (QED) is 0.180. The highest BCUT2D eigenvalue weighted by Gasteiger charge is 2.38. The maximum Gasteiger partial charge on any atom is 0.197 e. The van der Waals surface area contributed by atoms with Gasteiger partial charge in [-0.3, -0.25) is 0 Å². The van der Waals surface area contributed by atoms with Crippen molar-refractivity contribution in [1.29, 1.82) is 0 Å². The first-order chi connectivity index (χ1) is 30.7. The molecule has 11 aromatic rings. The number of furan rings is 1. The van der Waals surface area contributed by atoms with Crippen LogP contribution in [0.15, 0.2) is 144 Å². The zero-order valence-corrected chi connectivity index (χ0v) is 38.4. The van der Waals surface area contributed by atoms with Crippen LogP contribution in [0.5, 0.6) is 0 Å². The number of thiophene rings is 1. The second-order valence-electron chi connectivity index (χ2n) is 20.9. The van der Waals surface area contributed by atoms with Crippen LogP contribution in [0.25, 0.3) is 91.9 Å². The lowest BCUT2D eigenvalue weighted by molar-refractivity contribution is 0.587. The fraction of sp³-hybridized carbons (Fsp3) is 0.186. The van der Waals surface area contributed by atoms with Crippen LogP contribution < -0.4 is 16.2 Å². The third-order valence-corrected chi connectivity index (χ3v) is 15.7. The second-order valence-corrected chi connectivity index (χ2v) is 22.0. The van der Waals surface area contributed by atoms with Gasteiger partial charge in [0.1, 0.15) is 11.2 Å². The van der Waals surface area contributed by atoms with E-state index in [1.807, 2.05) is 11.3 Å². The van der Waals surface area contributed by atoms with E-state index < -0.39 is 0 Å². The fourth-order valence-electron chi connectivity index (χ4n) is 11.0. The largest absolute Gasteiger partial charge is 0.456 e. The summed E-state index contributed by atoms with van der Waals surface area (Å²) >= 11 is 1.89. The summed E-state index contributed by atoms with van der Waals surface area (Å²) in [6.45, 7) is 18.4. The first-order valence-corrected chi connectivity index (χ1v) is 23.5. The summed E-state index contributed by atoms with van der Waals surface area (Å²) in [4.78, 5) is 0. The molecule has 0 fully saturated rings. The van der Waals surface area contributed by atoms with Crippen molar-refractivity contribution in [3.8, 4) is 27.9 Å². The van der Waals surface area contributed by atoms with Gasteiger partial charge in [-0.1, -0.05) is 146 Å². The van der Waals surface area contributed by atoms with Gasteiger partial charge in [0.2, 0.25) is 0 Å². The monoisotopic (exact) mass is 843 g/mol. The van der Waals surface area contributed by atoms with Gasteiger partial charge in [0.15, 0.2) is 7.28 Å². The number of hydrogen-bond acceptors (Lipinski definition) is 3. The van der Waals surface area contributed by atoms with E-state index >= 15 is 0 Å². The standard InChI is InChI=1S/C59H48BN2OS/c1-57(2,3)32-17-20-34(21-18-32)61-48-31-52-43(36-22-19-33(58(4,5)6)25-51(36)63-52)26-41(48)38-23-24-39-42-29-54-44(37-14-10-12-16-53(37)64-54)28-49(42)62-50-27-40-35-13-9-11-15-45(35)59(7,8)46(40)30-47(50)60-55(38)56(39)62/h9-31,61H,1-8H3. The summed E-state index contributed by atoms with van der Waals surface area (Å²) in [5.74, 6) is 0. The molecule has 1 radical (unpaired) electrons. The van der Waals surface area contributed by atoms with Gasteiger partial charge in [-0.05, 0) is 104 Å². The average Bonchev–Trinajstić information content (AvgIpc) is 3.98. The Morgan fingerprint density at radius 2 is 1.28 bits per heavy atom. The molecule has 13 rings (SSSR count). The first-order valence-electron chi connectivity index (χ1n) is 22.7. The molecule has 64 heavy (non-hydrogen) atoms. The fourth-order valence-corrected chi connectivity index (χ4v) is 12.1. The molecular formula is C59H48BN2OS. The number of nitrogens with one attached hydrogen (secondary N) is 1. The van der Waals surface area contributed by atoms with Crippen LogP contribution in [0, 0.1) is 0 Å². The van der Waals surface area contributed by atoms with Crippen molar-refractivity contribution in [2.45, 2.75) is 71.6 Å². The minimum atomic E-state index is -0.121. The van der Waals surface area contributed by atoms with Gasteiger partial charge >= 0.3 is 0 Å². The number of benzene rings is 8. The van der Waals surface area contributed by atoms with Crippen LogP contribution in [-0.4, -0.2) is 11.8 Å². The van der Waals surface area contributed by atoms with E-state index in [0.717, 1.165) is 38.9 Å². The zero-order chi connectivity index (χ0) is 43.6. The SMILES string of the molecule is CC(C)(C)c1ccc(Nc2cc3oc4cc(C(C)(C)C)ccc4c3cc2-c2ccc3c4cc5sc6ccccc6c5cc4n4c3c2[B]c2cc3c(cc2-4)-c2ccccc2C3(C)C)cc1. The van der Waals surface area contributed by atoms with Gasteiger partial charge in [-0.2, -0.15) is 0 Å². The normalized spacial score (nSPS) is 14.2. The van der Waals surface area contributed by atoms with Crippen molar-refractivity contribution >= 4 is 105 Å². The molecule has 4 heterocycles. The van der Waals surface area contributed by atoms with Gasteiger partial charge in [0.05, 0.1) is 11.2 Å². The van der Waals surface area contributed by atoms with Crippen molar-refractivity contribution in [2.24, 2.45) is 0 Å². The summed E-state index contributed by atoms with van der Waals surface area (Å²) in [6.07, 6.45) is 0. The smallest absolute Gasteiger partial charge is 0.197 e. The maximum atomic E-state index is 6.76. The molecule has 2 aliphatic rings. The number of fused-ring (bicyclic) bond motifs is 14. The highest BCUT2D eigenvalue weighted by molar-refractivity contribution is 7.25. The van der Waals surface area contributed by atoms with Crippen molar-refractivity contribution < 1.29 is 4.42 Å². The lowest BCUT2D eigenvalue weighted by Gasteiger charge is -2.27. The number of hydrogen-bond donors (Lipinski definition) is 1. The molecule has 1 N–H and O–H groups in total. The van der Waals surface area contributed by atoms with Gasteiger partial charge in [-0.25, -0.2) is 0 Å². The molecule has 0 unspecified atom stereocenters. The van der Waals surface area contributed by atoms with Gasteiger partial charge in [-0.15, -0.1) is 11.3 Å². The van der Waals surface area contributed by atoms with E-state index in [9.17, 15) is 0 Å². The van der Waals surface area contributed by atoms with Crippen LogP contribution >= 0.6 is 11.3 Å². The molecule has 0 spiro atoms. The number of anilines is 2. The Hall–Kier alpha value is -6.56. The number of nitrogens with zero attached hydrogens (tertiary/aromatic N) is 1. The molecule has 1 aliphatic heterocycles. The Balaban J connectivity index is 1.10. The van der Waals surface area contributed by atoms with E-state index in [1.54, 1.807) is 0 Å². The Kier molecular flexibility index (Phi) is 7.59. The van der Waals surface area contributed by atoms with Gasteiger partial charge < -0.3 is 14.3 Å². The highest BCUT2D eigenvalue weighted by Crippen LogP contribution is 2.50. The van der Waals surface area contributed by atoms with Gasteiger partial charge in [0.25, 0.3) is 0 Å². The van der Waals surface area contributed by atoms with Crippen molar-refractivity contribution in [2.75, 3.05) is 5.32 Å². The summed E-state index contributed by atoms with van der Waals surface area (Å²) < 4.78 is 12.0. The van der Waals surface area contributed by atoms with E-state index in [4.69, 9.17) is 4.42 Å². The molecule has 0 saturated carbocycles. The summed E-state index contributed by atoms with van der Waals surface area (Å²) in [6, 6.07) is 52.8. The lowest BCUT2D eigenvalue weighted by Crippen LogP contribution is -2.38. The van der Waals surface area contributed by atoms with Crippen LogP contribution in [-0.2, 0) is 16.2 Å². The zero-order valence-electron chi connectivity index (χ0n) is 37.6. The van der Waals surface area contributed by atoms with Crippen molar-refractivity contribution in [3.63, 3.8) is 0 Å². The Morgan fingerprint density at radius 1 is 0.547 bits per heavy atom. The Morgan fingerprint density at radius 3 is 2.09 bits per heavy atom. The molecule has 8 aromatic carbocycles. The summed E-state index contributed by atoms with van der Waals surface area (Å²) in [7, 11) is 2.48. The molecule has 1 aliphatic carbocycles. The molecule has 0 saturated heterocycles. The van der Waals surface area contributed by atoms with Crippen molar-refractivity contribution in [3.05, 3.63) is 162 Å². The lowest BCUT2D eigenvalue weighted by atomic mass is 9.58. The molecule has 5 heteroatoms. The minimum Gasteiger partial charge on any atom is -0.456 e. The van der Waals surface area contributed by atoms with Crippen LogP contribution in [0.2, 0.25) is 0 Å². The minimum absolute atomic E-state index is 0.00720. The van der Waals surface area contributed by atoms with E-state index in [2.05, 4.69) is 212 Å². The molecule has 309 valence electrons. The number of rotatable bonds is 3. The van der Waals surface area contributed by atoms with E-state index in [-0.39, 0.29) is 16.2 Å². The summed E-state index contributed by atoms with van der Waals surface area (Å²) in [5.41, 5.74) is 20.3. The first kappa shape index (κ1) is 38.0. The van der Waals surface area contributed by atoms with Crippen LogP contribution in [0.3, 0.4) is 0 Å². The molecule has 3 nitrogen and oxygen atoms in total. The average molecular weight is 844 g/mol. The maximum absolute atomic E-state index is 6.76. The molecule has 0 bridgehead atoms. The third-order valence-electron chi connectivity index (χ3n) is 14.5. The molecular weight excluding hydrogens is 796 g/mol. The van der Waals surface area contributed by atoms with E-state index in [0.29, 0.717) is 0 Å². The molecule has 0 amide bonds. The van der Waals surface area contributed by atoms with E-state index in [1.165, 1.54) is 97.5 Å². The predicted octanol–water partition coefficient (Wildman–Crippen LogP) is 15.3. The third kappa shape index (κ3) is 5.34. The highest BCUT2D eigenvalue weighted by atomic mass is 32.1. The molecule has 3 aromatic heterocycles. The summed E-state index contributed by atoms with van der Waals surface area (Å²) in [5, 5.41) is 11.3. The van der Waals surface area contributed by atoms with Gasteiger partial charge in [0, 0.05) is 75.7 Å². The predicted molar refractivity (Wildman–Crippen MR) is 276 cm³/mol. The van der Waals surface area contributed by atoms with Crippen molar-refractivity contribution in [1.82, 2.24) is 4.57 Å². The topological polar surface area (TPSA) is 30.1 Å². The van der Waals surface area contributed by atoms with Crippen LogP contribution in [0.4, 0.5) is 11.4 Å².